The fourth-order valence-corrected chi connectivity index (χ4v) is 2.65. The molecule has 1 fully saturated rings. The van der Waals surface area contributed by atoms with Gasteiger partial charge in [-0.3, -0.25) is 0 Å². The molecule has 0 aliphatic carbocycles. The van der Waals surface area contributed by atoms with E-state index in [0.29, 0.717) is 6.61 Å². The molecule has 1 aromatic carbocycles. The minimum absolute atomic E-state index is 0.188. The van der Waals surface area contributed by atoms with Crippen molar-refractivity contribution in [2.24, 2.45) is 5.41 Å². The van der Waals surface area contributed by atoms with E-state index in [-0.39, 0.29) is 5.41 Å². The van der Waals surface area contributed by atoms with Crippen molar-refractivity contribution in [3.63, 3.8) is 0 Å². The van der Waals surface area contributed by atoms with E-state index >= 15 is 0 Å². The summed E-state index contributed by atoms with van der Waals surface area (Å²) in [4.78, 5) is 0. The third-order valence-electron chi connectivity index (χ3n) is 3.48. The molecule has 100 valence electrons. The van der Waals surface area contributed by atoms with Gasteiger partial charge in [0, 0.05) is 23.7 Å². The van der Waals surface area contributed by atoms with Crippen LogP contribution < -0.4 is 0 Å². The number of benzene rings is 1. The van der Waals surface area contributed by atoms with Crippen LogP contribution in [-0.4, -0.2) is 25.6 Å². The fourth-order valence-electron chi connectivity index (χ4n) is 2.12. The summed E-state index contributed by atoms with van der Waals surface area (Å²) in [6.45, 7) is 3.03. The van der Waals surface area contributed by atoms with Gasteiger partial charge in [-0.1, -0.05) is 23.7 Å². The molecule has 0 bridgehead atoms. The minimum atomic E-state index is 0.188. The number of ether oxygens (including phenoxy) is 2. The average molecular weight is 287 g/mol. The Labute approximate surface area is 119 Å². The van der Waals surface area contributed by atoms with Crippen molar-refractivity contribution in [1.82, 2.24) is 0 Å². The summed E-state index contributed by atoms with van der Waals surface area (Å²) in [6, 6.07) is 7.78. The van der Waals surface area contributed by atoms with E-state index in [1.54, 1.807) is 0 Å². The second-order valence-corrected chi connectivity index (χ2v) is 5.64. The summed E-state index contributed by atoms with van der Waals surface area (Å²) in [5.74, 6) is 0.858. The van der Waals surface area contributed by atoms with E-state index in [0.717, 1.165) is 49.0 Å². The molecule has 0 spiro atoms. The second kappa shape index (κ2) is 6.80. The Kier molecular flexibility index (Phi) is 5.37. The molecule has 2 nitrogen and oxygen atoms in total. The molecule has 1 heterocycles. The van der Waals surface area contributed by atoms with Crippen molar-refractivity contribution < 1.29 is 9.47 Å². The second-order valence-electron chi connectivity index (χ2n) is 4.89. The number of hydrogen-bond donors (Lipinski definition) is 1. The number of hydrogen-bond acceptors (Lipinski definition) is 3. The lowest BCUT2D eigenvalue weighted by atomic mass is 9.83. The summed E-state index contributed by atoms with van der Waals surface area (Å²) in [7, 11) is 0. The monoisotopic (exact) mass is 286 g/mol. The topological polar surface area (TPSA) is 18.5 Å². The van der Waals surface area contributed by atoms with E-state index in [4.69, 9.17) is 21.1 Å². The molecule has 1 aliphatic rings. The first-order valence-electron chi connectivity index (χ1n) is 6.25. The van der Waals surface area contributed by atoms with Crippen LogP contribution in [0.1, 0.15) is 18.4 Å². The smallest absolute Gasteiger partial charge is 0.0717 e. The molecular weight excluding hydrogens is 268 g/mol. The molecule has 4 heteroatoms. The Morgan fingerprint density at radius 2 is 1.89 bits per heavy atom. The predicted molar refractivity (Wildman–Crippen MR) is 77.4 cm³/mol. The minimum Gasteiger partial charge on any atom is -0.381 e. The van der Waals surface area contributed by atoms with Gasteiger partial charge in [-0.15, -0.1) is 0 Å². The number of thiol groups is 1. The molecule has 2 rings (SSSR count). The Hall–Kier alpha value is -0.220. The quantitative estimate of drug-likeness (QED) is 0.834. The highest BCUT2D eigenvalue weighted by Crippen LogP contribution is 2.32. The zero-order valence-electron chi connectivity index (χ0n) is 10.4. The third-order valence-corrected chi connectivity index (χ3v) is 4.40. The Morgan fingerprint density at radius 1 is 1.22 bits per heavy atom. The van der Waals surface area contributed by atoms with E-state index < -0.39 is 0 Å². The molecule has 0 unspecified atom stereocenters. The maximum Gasteiger partial charge on any atom is 0.0717 e. The maximum absolute atomic E-state index is 5.85. The molecule has 0 amide bonds. The molecule has 0 radical (unpaired) electrons. The van der Waals surface area contributed by atoms with Crippen LogP contribution in [0.2, 0.25) is 5.02 Å². The van der Waals surface area contributed by atoms with Gasteiger partial charge in [0.25, 0.3) is 0 Å². The van der Waals surface area contributed by atoms with Gasteiger partial charge >= 0.3 is 0 Å². The van der Waals surface area contributed by atoms with Crippen LogP contribution in [0.5, 0.6) is 0 Å². The first-order valence-corrected chi connectivity index (χ1v) is 7.26. The van der Waals surface area contributed by atoms with Crippen molar-refractivity contribution in [2.45, 2.75) is 19.4 Å². The normalized spacial score (nSPS) is 18.8. The molecular formula is C14H19ClO2S. The van der Waals surface area contributed by atoms with E-state index in [1.165, 1.54) is 0 Å². The SMILES string of the molecule is SCC1(COCc2ccc(Cl)cc2)CCOCC1. The molecule has 1 aliphatic heterocycles. The van der Waals surface area contributed by atoms with Crippen LogP contribution >= 0.6 is 24.2 Å². The first-order chi connectivity index (χ1) is 8.74. The van der Waals surface area contributed by atoms with Crippen LogP contribution in [0.25, 0.3) is 0 Å². The Balaban J connectivity index is 1.81. The first kappa shape index (κ1) is 14.2. The van der Waals surface area contributed by atoms with Crippen molar-refractivity contribution in [2.75, 3.05) is 25.6 Å². The summed E-state index contributed by atoms with van der Waals surface area (Å²) in [6.07, 6.45) is 2.08. The molecule has 0 aromatic heterocycles. The van der Waals surface area contributed by atoms with E-state index in [1.807, 2.05) is 24.3 Å². The van der Waals surface area contributed by atoms with Crippen molar-refractivity contribution >= 4 is 24.2 Å². The maximum atomic E-state index is 5.85. The van der Waals surface area contributed by atoms with Crippen LogP contribution in [0.3, 0.4) is 0 Å². The van der Waals surface area contributed by atoms with Gasteiger partial charge in [-0.2, -0.15) is 12.6 Å². The summed E-state index contributed by atoms with van der Waals surface area (Å²) in [5.41, 5.74) is 1.34. The van der Waals surface area contributed by atoms with Crippen LogP contribution in [-0.2, 0) is 16.1 Å². The molecule has 1 saturated heterocycles. The van der Waals surface area contributed by atoms with Gasteiger partial charge in [0.15, 0.2) is 0 Å². The van der Waals surface area contributed by atoms with Crippen molar-refractivity contribution in [1.29, 1.82) is 0 Å². The zero-order chi connectivity index (χ0) is 12.8. The average Bonchev–Trinajstić information content (AvgIpc) is 2.42. The molecule has 0 saturated carbocycles. The molecule has 1 aromatic rings. The van der Waals surface area contributed by atoms with Crippen molar-refractivity contribution in [3.05, 3.63) is 34.9 Å². The van der Waals surface area contributed by atoms with Crippen LogP contribution in [0.15, 0.2) is 24.3 Å². The lowest BCUT2D eigenvalue weighted by molar-refractivity contribution is -0.0315. The van der Waals surface area contributed by atoms with Gasteiger partial charge in [-0.05, 0) is 36.3 Å². The van der Waals surface area contributed by atoms with E-state index in [2.05, 4.69) is 12.6 Å². The predicted octanol–water partition coefficient (Wildman–Crippen LogP) is 3.58. The molecule has 0 N–H and O–H groups in total. The number of halogens is 1. The molecule has 0 atom stereocenters. The summed E-state index contributed by atoms with van der Waals surface area (Å²) < 4.78 is 11.2. The summed E-state index contributed by atoms with van der Waals surface area (Å²) >= 11 is 10.3. The lowest BCUT2D eigenvalue weighted by Crippen LogP contribution is -2.35. The largest absolute Gasteiger partial charge is 0.381 e. The van der Waals surface area contributed by atoms with Gasteiger partial charge in [0.2, 0.25) is 0 Å². The highest BCUT2D eigenvalue weighted by Gasteiger charge is 2.31. The zero-order valence-corrected chi connectivity index (χ0v) is 12.1. The highest BCUT2D eigenvalue weighted by molar-refractivity contribution is 7.80. The van der Waals surface area contributed by atoms with E-state index in [9.17, 15) is 0 Å². The lowest BCUT2D eigenvalue weighted by Gasteiger charge is -2.35. The highest BCUT2D eigenvalue weighted by atomic mass is 35.5. The van der Waals surface area contributed by atoms with Gasteiger partial charge in [0.05, 0.1) is 13.2 Å². The van der Waals surface area contributed by atoms with Crippen LogP contribution in [0, 0.1) is 5.41 Å². The fraction of sp³-hybridized carbons (Fsp3) is 0.571. The summed E-state index contributed by atoms with van der Waals surface area (Å²) in [5, 5.41) is 0.759. The van der Waals surface area contributed by atoms with Crippen LogP contribution in [0.4, 0.5) is 0 Å². The number of rotatable bonds is 5. The Bertz CT molecular complexity index is 361. The van der Waals surface area contributed by atoms with Crippen molar-refractivity contribution in [3.8, 4) is 0 Å². The van der Waals surface area contributed by atoms with Gasteiger partial charge in [-0.25, -0.2) is 0 Å². The van der Waals surface area contributed by atoms with Gasteiger partial charge in [0.1, 0.15) is 0 Å². The third kappa shape index (κ3) is 3.89. The molecule has 18 heavy (non-hydrogen) atoms. The Morgan fingerprint density at radius 3 is 2.50 bits per heavy atom. The standard InChI is InChI=1S/C14H19ClO2S/c15-13-3-1-12(2-4-13)9-17-10-14(11-18)5-7-16-8-6-14/h1-4,18H,5-11H2. The van der Waals surface area contributed by atoms with Gasteiger partial charge < -0.3 is 9.47 Å².